The quantitative estimate of drug-likeness (QED) is 0.374. The van der Waals surface area contributed by atoms with Crippen molar-refractivity contribution >= 4 is 34.6 Å². The van der Waals surface area contributed by atoms with Crippen LogP contribution in [-0.2, 0) is 5.60 Å². The van der Waals surface area contributed by atoms with Crippen molar-refractivity contribution in [2.45, 2.75) is 18.6 Å². The van der Waals surface area contributed by atoms with E-state index in [1.165, 1.54) is 0 Å². The van der Waals surface area contributed by atoms with Crippen molar-refractivity contribution in [3.05, 3.63) is 99.3 Å². The average molecular weight is 521 g/mol. The molecule has 3 aromatic carbocycles. The standard InChI is InChI=1S/C28H26Cl2N4O2/c1-28(35,21-5-9-23(32-2)10-6-21)19-33-14-15-34(27(18-33)20-3-7-22(29)8-4-20)26-12-11-24(17-25(26)30)36-16-13-31/h3-12,17,27,35H,14-16,18-19H2,1H3/t27-,28+/m0/s1. The molecule has 1 saturated heterocycles. The maximum Gasteiger partial charge on any atom is 0.187 e. The van der Waals surface area contributed by atoms with Crippen LogP contribution in [0.4, 0.5) is 11.4 Å². The van der Waals surface area contributed by atoms with Crippen molar-refractivity contribution in [2.75, 3.05) is 37.7 Å². The number of nitriles is 1. The van der Waals surface area contributed by atoms with Gasteiger partial charge < -0.3 is 14.7 Å². The van der Waals surface area contributed by atoms with Crippen molar-refractivity contribution in [3.63, 3.8) is 0 Å². The van der Waals surface area contributed by atoms with Gasteiger partial charge in [0.1, 0.15) is 11.8 Å². The fourth-order valence-corrected chi connectivity index (χ4v) is 4.99. The summed E-state index contributed by atoms with van der Waals surface area (Å²) in [4.78, 5) is 7.94. The second-order valence-corrected chi connectivity index (χ2v) is 9.83. The lowest BCUT2D eigenvalue weighted by molar-refractivity contribution is 0.0103. The molecule has 0 radical (unpaired) electrons. The number of anilines is 1. The SMILES string of the molecule is [C-]#[N+]c1ccc([C@](C)(O)CN2CCN(c3ccc(OCC#N)cc3Cl)[C@H](c3ccc(Cl)cc3)C2)cc1. The van der Waals surface area contributed by atoms with E-state index < -0.39 is 5.60 Å². The zero-order valence-corrected chi connectivity index (χ0v) is 21.4. The van der Waals surface area contributed by atoms with Crippen molar-refractivity contribution in [1.82, 2.24) is 4.90 Å². The monoisotopic (exact) mass is 520 g/mol. The molecule has 3 aromatic rings. The number of halogens is 2. The normalized spacial score (nSPS) is 17.6. The molecule has 1 aliphatic heterocycles. The molecule has 0 aliphatic carbocycles. The van der Waals surface area contributed by atoms with E-state index in [9.17, 15) is 5.11 Å². The lowest BCUT2D eigenvalue weighted by atomic mass is 9.93. The van der Waals surface area contributed by atoms with Gasteiger partial charge in [-0.3, -0.25) is 4.90 Å². The first-order chi connectivity index (χ1) is 17.3. The molecule has 1 N–H and O–H groups in total. The fraction of sp³-hybridized carbons (Fsp3) is 0.286. The Hall–Kier alpha value is -3.26. The number of aliphatic hydroxyl groups is 1. The molecule has 1 aliphatic rings. The highest BCUT2D eigenvalue weighted by Crippen LogP contribution is 2.38. The van der Waals surface area contributed by atoms with Gasteiger partial charge in [-0.1, -0.05) is 59.6 Å². The highest BCUT2D eigenvalue weighted by Gasteiger charge is 2.34. The van der Waals surface area contributed by atoms with Crippen LogP contribution < -0.4 is 9.64 Å². The zero-order valence-electron chi connectivity index (χ0n) is 19.9. The number of rotatable bonds is 7. The second-order valence-electron chi connectivity index (χ2n) is 8.99. The molecule has 2 atom stereocenters. The van der Waals surface area contributed by atoms with Crippen LogP contribution in [0, 0.1) is 17.9 Å². The average Bonchev–Trinajstić information content (AvgIpc) is 2.88. The van der Waals surface area contributed by atoms with E-state index in [-0.39, 0.29) is 12.6 Å². The minimum absolute atomic E-state index is 0.0281. The number of hydrogen-bond acceptors (Lipinski definition) is 5. The van der Waals surface area contributed by atoms with Gasteiger partial charge in [0.15, 0.2) is 12.3 Å². The van der Waals surface area contributed by atoms with Gasteiger partial charge in [0.2, 0.25) is 0 Å². The highest BCUT2D eigenvalue weighted by molar-refractivity contribution is 6.33. The van der Waals surface area contributed by atoms with Crippen LogP contribution in [0.2, 0.25) is 10.0 Å². The van der Waals surface area contributed by atoms with Crippen LogP contribution in [0.3, 0.4) is 0 Å². The summed E-state index contributed by atoms with van der Waals surface area (Å²) >= 11 is 12.8. The topological polar surface area (TPSA) is 64.1 Å². The molecule has 0 spiro atoms. The summed E-state index contributed by atoms with van der Waals surface area (Å²) in [5.74, 6) is 0.548. The van der Waals surface area contributed by atoms with E-state index in [0.717, 1.165) is 23.4 Å². The van der Waals surface area contributed by atoms with Crippen molar-refractivity contribution in [2.24, 2.45) is 0 Å². The van der Waals surface area contributed by atoms with Gasteiger partial charge in [-0.15, -0.1) is 0 Å². The molecule has 8 heteroatoms. The van der Waals surface area contributed by atoms with Crippen LogP contribution in [0.5, 0.6) is 5.75 Å². The van der Waals surface area contributed by atoms with Gasteiger partial charge in [-0.2, -0.15) is 5.26 Å². The lowest BCUT2D eigenvalue weighted by Gasteiger charge is -2.45. The first-order valence-corrected chi connectivity index (χ1v) is 12.3. The summed E-state index contributed by atoms with van der Waals surface area (Å²) in [6.07, 6.45) is 0. The molecule has 4 rings (SSSR count). The van der Waals surface area contributed by atoms with Crippen molar-refractivity contribution in [3.8, 4) is 11.8 Å². The van der Waals surface area contributed by atoms with Crippen LogP contribution >= 0.6 is 23.2 Å². The van der Waals surface area contributed by atoms with Crippen LogP contribution in [-0.4, -0.2) is 42.8 Å². The van der Waals surface area contributed by atoms with Crippen LogP contribution in [0.1, 0.15) is 24.1 Å². The summed E-state index contributed by atoms with van der Waals surface area (Å²) < 4.78 is 5.40. The minimum Gasteiger partial charge on any atom is -0.479 e. The molecular weight excluding hydrogens is 495 g/mol. The summed E-state index contributed by atoms with van der Waals surface area (Å²) in [5, 5.41) is 21.3. The number of nitrogens with zero attached hydrogens (tertiary/aromatic N) is 4. The van der Waals surface area contributed by atoms with E-state index in [1.807, 2.05) is 54.6 Å². The molecule has 0 amide bonds. The Morgan fingerprint density at radius 3 is 2.47 bits per heavy atom. The van der Waals surface area contributed by atoms with Crippen molar-refractivity contribution in [1.29, 1.82) is 5.26 Å². The van der Waals surface area contributed by atoms with E-state index in [2.05, 4.69) is 14.6 Å². The van der Waals surface area contributed by atoms with Gasteiger partial charge in [0.05, 0.1) is 28.9 Å². The van der Waals surface area contributed by atoms with Crippen molar-refractivity contribution < 1.29 is 9.84 Å². The Balaban J connectivity index is 1.59. The Kier molecular flexibility index (Phi) is 8.04. The third-order valence-corrected chi connectivity index (χ3v) is 6.96. The predicted octanol–water partition coefficient (Wildman–Crippen LogP) is 6.22. The molecule has 1 fully saturated rings. The van der Waals surface area contributed by atoms with Crippen LogP contribution in [0.15, 0.2) is 66.7 Å². The summed E-state index contributed by atoms with van der Waals surface area (Å²) in [5.41, 5.74) is 2.21. The Bertz CT molecular complexity index is 1280. The third kappa shape index (κ3) is 5.93. The molecule has 36 heavy (non-hydrogen) atoms. The Labute approximate surface area is 221 Å². The molecule has 0 saturated carbocycles. The van der Waals surface area contributed by atoms with E-state index in [4.69, 9.17) is 39.8 Å². The first-order valence-electron chi connectivity index (χ1n) is 11.5. The number of piperazine rings is 1. The smallest absolute Gasteiger partial charge is 0.187 e. The summed E-state index contributed by atoms with van der Waals surface area (Å²) in [6, 6.07) is 22.3. The number of hydrogen-bond donors (Lipinski definition) is 1. The Morgan fingerprint density at radius 2 is 1.83 bits per heavy atom. The predicted molar refractivity (Wildman–Crippen MR) is 143 cm³/mol. The minimum atomic E-state index is -1.08. The molecule has 184 valence electrons. The molecule has 0 unspecified atom stereocenters. The third-order valence-electron chi connectivity index (χ3n) is 6.40. The molecule has 0 aromatic heterocycles. The second kappa shape index (κ2) is 11.2. The van der Waals surface area contributed by atoms with E-state index >= 15 is 0 Å². The maximum atomic E-state index is 11.3. The molecule has 6 nitrogen and oxygen atoms in total. The maximum absolute atomic E-state index is 11.3. The first kappa shape index (κ1) is 25.8. The number of ether oxygens (including phenoxy) is 1. The van der Waals surface area contributed by atoms with Gasteiger partial charge >= 0.3 is 0 Å². The highest BCUT2D eigenvalue weighted by atomic mass is 35.5. The van der Waals surface area contributed by atoms with Gasteiger partial charge in [0.25, 0.3) is 0 Å². The van der Waals surface area contributed by atoms with Gasteiger partial charge in [0, 0.05) is 37.3 Å². The van der Waals surface area contributed by atoms with E-state index in [0.29, 0.717) is 41.1 Å². The van der Waals surface area contributed by atoms with E-state index in [1.54, 1.807) is 25.1 Å². The molecule has 0 bridgehead atoms. The molecule has 1 heterocycles. The zero-order chi connectivity index (χ0) is 25.7. The number of benzene rings is 3. The van der Waals surface area contributed by atoms with Gasteiger partial charge in [-0.25, -0.2) is 4.85 Å². The number of β-amino-alcohol motifs (C(OH)–C–C–N with tert-alkyl or cyclic N) is 1. The summed E-state index contributed by atoms with van der Waals surface area (Å²) in [6.45, 7) is 11.4. The molecular formula is C28H26Cl2N4O2. The largest absolute Gasteiger partial charge is 0.479 e. The lowest BCUT2D eigenvalue weighted by Crippen LogP contribution is -2.52. The van der Waals surface area contributed by atoms with Gasteiger partial charge in [-0.05, 0) is 42.3 Å². The van der Waals surface area contributed by atoms with Crippen LogP contribution in [0.25, 0.3) is 4.85 Å². The summed E-state index contributed by atoms with van der Waals surface area (Å²) in [7, 11) is 0. The Morgan fingerprint density at radius 1 is 1.11 bits per heavy atom. The fourth-order valence-electron chi connectivity index (χ4n) is 4.59.